The molecular weight excluding hydrogens is 306 g/mol. The SMILES string of the molecule is O=C(NCCCc1nc2ccccc2[nH]1)C(=O)Nc1cccnc1. The Morgan fingerprint density at radius 2 is 1.96 bits per heavy atom. The van der Waals surface area contributed by atoms with Crippen molar-refractivity contribution in [1.29, 1.82) is 0 Å². The molecule has 3 N–H and O–H groups in total. The number of hydrogen-bond acceptors (Lipinski definition) is 4. The topological polar surface area (TPSA) is 99.8 Å². The number of fused-ring (bicyclic) bond motifs is 1. The summed E-state index contributed by atoms with van der Waals surface area (Å²) in [6, 6.07) is 11.1. The Morgan fingerprint density at radius 3 is 2.75 bits per heavy atom. The maximum Gasteiger partial charge on any atom is 0.313 e. The molecule has 3 rings (SSSR count). The lowest BCUT2D eigenvalue weighted by Gasteiger charge is -2.05. The van der Waals surface area contributed by atoms with Crippen LogP contribution in [0.1, 0.15) is 12.2 Å². The van der Waals surface area contributed by atoms with Crippen LogP contribution in [0.2, 0.25) is 0 Å². The first-order chi connectivity index (χ1) is 11.7. The summed E-state index contributed by atoms with van der Waals surface area (Å²) in [5.41, 5.74) is 2.40. The van der Waals surface area contributed by atoms with Gasteiger partial charge < -0.3 is 15.6 Å². The Morgan fingerprint density at radius 1 is 1.08 bits per heavy atom. The summed E-state index contributed by atoms with van der Waals surface area (Å²) < 4.78 is 0. The summed E-state index contributed by atoms with van der Waals surface area (Å²) in [5.74, 6) is -0.500. The van der Waals surface area contributed by atoms with Crippen molar-refractivity contribution in [3.63, 3.8) is 0 Å². The van der Waals surface area contributed by atoms with E-state index < -0.39 is 11.8 Å². The molecule has 0 atom stereocenters. The first-order valence-corrected chi connectivity index (χ1v) is 7.65. The molecule has 3 aromatic rings. The Kier molecular flexibility index (Phi) is 4.81. The van der Waals surface area contributed by atoms with Gasteiger partial charge in [0, 0.05) is 19.2 Å². The van der Waals surface area contributed by atoms with Crippen molar-refractivity contribution in [2.45, 2.75) is 12.8 Å². The van der Waals surface area contributed by atoms with E-state index in [9.17, 15) is 9.59 Å². The normalized spacial score (nSPS) is 10.5. The zero-order valence-corrected chi connectivity index (χ0v) is 13.0. The molecule has 122 valence electrons. The smallest absolute Gasteiger partial charge is 0.313 e. The van der Waals surface area contributed by atoms with E-state index in [0.29, 0.717) is 25.1 Å². The Balaban J connectivity index is 1.42. The van der Waals surface area contributed by atoms with Gasteiger partial charge in [-0.15, -0.1) is 0 Å². The van der Waals surface area contributed by atoms with Crippen LogP contribution in [0.5, 0.6) is 0 Å². The summed E-state index contributed by atoms with van der Waals surface area (Å²) in [5, 5.41) is 5.08. The van der Waals surface area contributed by atoms with Gasteiger partial charge in [0.2, 0.25) is 0 Å². The van der Waals surface area contributed by atoms with E-state index in [4.69, 9.17) is 0 Å². The fraction of sp³-hybridized carbons (Fsp3) is 0.176. The van der Waals surface area contributed by atoms with Crippen LogP contribution < -0.4 is 10.6 Å². The monoisotopic (exact) mass is 323 g/mol. The number of aromatic amines is 1. The van der Waals surface area contributed by atoms with Gasteiger partial charge in [0.05, 0.1) is 22.9 Å². The summed E-state index contributed by atoms with van der Waals surface area (Å²) >= 11 is 0. The minimum atomic E-state index is -0.702. The van der Waals surface area contributed by atoms with Gasteiger partial charge in [0.1, 0.15) is 5.82 Å². The largest absolute Gasteiger partial charge is 0.348 e. The van der Waals surface area contributed by atoms with Crippen molar-refractivity contribution < 1.29 is 9.59 Å². The third-order valence-electron chi connectivity index (χ3n) is 3.44. The molecule has 2 amide bonds. The van der Waals surface area contributed by atoms with Gasteiger partial charge in [0.15, 0.2) is 0 Å². The number of benzene rings is 1. The van der Waals surface area contributed by atoms with E-state index in [-0.39, 0.29) is 0 Å². The average molecular weight is 323 g/mol. The molecule has 2 aromatic heterocycles. The standard InChI is InChI=1S/C17H17N5O2/c23-16(17(24)20-12-5-3-9-18-11-12)19-10-4-8-15-21-13-6-1-2-7-14(13)22-15/h1-3,5-7,9,11H,4,8,10H2,(H,19,23)(H,20,24)(H,21,22). The number of H-pyrrole nitrogens is 1. The lowest BCUT2D eigenvalue weighted by atomic mass is 10.3. The molecule has 0 bridgehead atoms. The molecule has 2 heterocycles. The highest BCUT2D eigenvalue weighted by molar-refractivity contribution is 6.39. The van der Waals surface area contributed by atoms with Crippen LogP contribution in [0.15, 0.2) is 48.8 Å². The Hall–Kier alpha value is -3.22. The van der Waals surface area contributed by atoms with Crippen molar-refractivity contribution in [1.82, 2.24) is 20.3 Å². The van der Waals surface area contributed by atoms with Crippen LogP contribution in [0, 0.1) is 0 Å². The molecule has 0 spiro atoms. The Labute approximate surface area is 138 Å². The number of nitrogens with one attached hydrogen (secondary N) is 3. The third kappa shape index (κ3) is 3.95. The number of rotatable bonds is 5. The van der Waals surface area contributed by atoms with E-state index in [1.165, 1.54) is 6.20 Å². The molecule has 0 aliphatic heterocycles. The Bertz CT molecular complexity index is 811. The van der Waals surface area contributed by atoms with Gasteiger partial charge in [-0.1, -0.05) is 12.1 Å². The van der Waals surface area contributed by atoms with E-state index in [1.54, 1.807) is 18.3 Å². The molecule has 1 aromatic carbocycles. The van der Waals surface area contributed by atoms with E-state index >= 15 is 0 Å². The highest BCUT2D eigenvalue weighted by Gasteiger charge is 2.13. The summed E-state index contributed by atoms with van der Waals surface area (Å²) in [4.78, 5) is 35.0. The van der Waals surface area contributed by atoms with Crippen LogP contribution in [0.25, 0.3) is 11.0 Å². The van der Waals surface area contributed by atoms with Crippen LogP contribution in [0.3, 0.4) is 0 Å². The highest BCUT2D eigenvalue weighted by atomic mass is 16.2. The van der Waals surface area contributed by atoms with Crippen LogP contribution in [0.4, 0.5) is 5.69 Å². The number of aromatic nitrogens is 3. The van der Waals surface area contributed by atoms with Crippen molar-refractivity contribution in [3.05, 3.63) is 54.6 Å². The van der Waals surface area contributed by atoms with E-state index in [2.05, 4.69) is 25.6 Å². The molecule has 7 nitrogen and oxygen atoms in total. The molecule has 0 saturated heterocycles. The third-order valence-corrected chi connectivity index (χ3v) is 3.44. The molecule has 0 aliphatic rings. The predicted octanol–water partition coefficient (Wildman–Crippen LogP) is 1.65. The number of nitrogens with zero attached hydrogens (tertiary/aromatic N) is 2. The number of anilines is 1. The van der Waals surface area contributed by atoms with Crippen molar-refractivity contribution in [2.24, 2.45) is 0 Å². The highest BCUT2D eigenvalue weighted by Crippen LogP contribution is 2.11. The average Bonchev–Trinajstić information content (AvgIpc) is 3.02. The molecule has 0 radical (unpaired) electrons. The predicted molar refractivity (Wildman–Crippen MR) is 90.3 cm³/mol. The molecule has 0 saturated carbocycles. The number of aryl methyl sites for hydroxylation is 1. The first-order valence-electron chi connectivity index (χ1n) is 7.65. The first kappa shape index (κ1) is 15.7. The minimum Gasteiger partial charge on any atom is -0.348 e. The number of carbonyl (C=O) groups excluding carboxylic acids is 2. The second kappa shape index (κ2) is 7.36. The van der Waals surface area contributed by atoms with Gasteiger partial charge in [0.25, 0.3) is 0 Å². The zero-order valence-electron chi connectivity index (χ0n) is 13.0. The van der Waals surface area contributed by atoms with Crippen molar-refractivity contribution >= 4 is 28.5 Å². The van der Waals surface area contributed by atoms with Crippen molar-refractivity contribution in [2.75, 3.05) is 11.9 Å². The number of hydrogen-bond donors (Lipinski definition) is 3. The summed E-state index contributed by atoms with van der Waals surface area (Å²) in [6.07, 6.45) is 4.45. The van der Waals surface area contributed by atoms with Crippen LogP contribution in [-0.4, -0.2) is 33.3 Å². The van der Waals surface area contributed by atoms with Gasteiger partial charge in [-0.25, -0.2) is 4.98 Å². The van der Waals surface area contributed by atoms with E-state index in [0.717, 1.165) is 16.9 Å². The van der Waals surface area contributed by atoms with Gasteiger partial charge >= 0.3 is 11.8 Å². The summed E-state index contributed by atoms with van der Waals surface area (Å²) in [7, 11) is 0. The van der Waals surface area contributed by atoms with Gasteiger partial charge in [-0.05, 0) is 30.7 Å². The molecule has 7 heteroatoms. The fourth-order valence-electron chi connectivity index (χ4n) is 2.29. The molecular formula is C17H17N5O2. The number of imidazole rings is 1. The maximum absolute atomic E-state index is 11.7. The van der Waals surface area contributed by atoms with Crippen LogP contribution >= 0.6 is 0 Å². The quantitative estimate of drug-likeness (QED) is 0.491. The van der Waals surface area contributed by atoms with Gasteiger partial charge in [-0.2, -0.15) is 0 Å². The fourth-order valence-corrected chi connectivity index (χ4v) is 2.29. The summed E-state index contributed by atoms with van der Waals surface area (Å²) in [6.45, 7) is 0.399. The molecule has 0 fully saturated rings. The van der Waals surface area contributed by atoms with E-state index in [1.807, 2.05) is 24.3 Å². The lowest BCUT2D eigenvalue weighted by Crippen LogP contribution is -2.36. The zero-order chi connectivity index (χ0) is 16.8. The molecule has 24 heavy (non-hydrogen) atoms. The number of amides is 2. The maximum atomic E-state index is 11.7. The minimum absolute atomic E-state index is 0.399. The number of para-hydroxylation sites is 2. The second-order valence-electron chi connectivity index (χ2n) is 5.26. The second-order valence-corrected chi connectivity index (χ2v) is 5.26. The van der Waals surface area contributed by atoms with Gasteiger partial charge in [-0.3, -0.25) is 14.6 Å². The molecule has 0 unspecified atom stereocenters. The van der Waals surface area contributed by atoms with Crippen LogP contribution in [-0.2, 0) is 16.0 Å². The lowest BCUT2D eigenvalue weighted by molar-refractivity contribution is -0.136. The van der Waals surface area contributed by atoms with Crippen molar-refractivity contribution in [3.8, 4) is 0 Å². The number of carbonyl (C=O) groups is 2. The molecule has 0 aliphatic carbocycles. The number of pyridine rings is 1.